The molecule has 0 spiro atoms. The Morgan fingerprint density at radius 2 is 1.97 bits per heavy atom. The largest absolute Gasteiger partial charge is 0.378 e. The molecule has 2 amide bonds. The van der Waals surface area contributed by atoms with Crippen molar-refractivity contribution in [2.24, 2.45) is 5.73 Å². The zero-order chi connectivity index (χ0) is 24.2. The number of anilines is 3. The van der Waals surface area contributed by atoms with Crippen LogP contribution in [0.1, 0.15) is 44.6 Å². The summed E-state index contributed by atoms with van der Waals surface area (Å²) in [4.78, 5) is 24.6. The first-order chi connectivity index (χ1) is 16.4. The van der Waals surface area contributed by atoms with E-state index < -0.39 is 6.03 Å². The van der Waals surface area contributed by atoms with Crippen LogP contribution in [0.2, 0.25) is 0 Å². The Bertz CT molecular complexity index is 1130. The molecule has 4 heterocycles. The summed E-state index contributed by atoms with van der Waals surface area (Å²) in [6.45, 7) is 8.37. The van der Waals surface area contributed by atoms with Crippen LogP contribution >= 0.6 is 0 Å². The second-order valence-electron chi connectivity index (χ2n) is 8.55. The molecule has 2 atom stereocenters. The van der Waals surface area contributed by atoms with Crippen molar-refractivity contribution in [3.8, 4) is 0 Å². The second kappa shape index (κ2) is 9.94. The molecule has 3 aromatic heterocycles. The summed E-state index contributed by atoms with van der Waals surface area (Å²) in [7, 11) is 0. The molecule has 5 N–H and O–H groups in total. The highest BCUT2D eigenvalue weighted by molar-refractivity contribution is 5.89. The maximum absolute atomic E-state index is 11.5. The van der Waals surface area contributed by atoms with Gasteiger partial charge in [0.15, 0.2) is 5.82 Å². The first-order valence-corrected chi connectivity index (χ1v) is 11.6. The maximum atomic E-state index is 11.5. The van der Waals surface area contributed by atoms with E-state index in [1.165, 1.54) is 6.21 Å². The van der Waals surface area contributed by atoms with E-state index >= 15 is 0 Å². The van der Waals surface area contributed by atoms with Crippen LogP contribution in [0.15, 0.2) is 30.5 Å². The van der Waals surface area contributed by atoms with Crippen LogP contribution in [0.4, 0.5) is 22.2 Å². The van der Waals surface area contributed by atoms with Crippen molar-refractivity contribution in [1.82, 2.24) is 24.5 Å². The zero-order valence-electron chi connectivity index (χ0n) is 19.8. The van der Waals surface area contributed by atoms with Gasteiger partial charge >= 0.3 is 6.03 Å². The number of carbonyl (C=O) groups excluding carboxylic acids is 1. The predicted octanol–water partition coefficient (Wildman–Crippen LogP) is 2.71. The molecule has 1 aliphatic heterocycles. The fourth-order valence-electron chi connectivity index (χ4n) is 3.88. The summed E-state index contributed by atoms with van der Waals surface area (Å²) in [5, 5.41) is 19.7. The number of rotatable bonds is 8. The minimum atomic E-state index is -0.419. The number of hydrogen-bond donors (Lipinski definition) is 4. The van der Waals surface area contributed by atoms with Crippen molar-refractivity contribution in [2.45, 2.75) is 39.3 Å². The number of primary amides is 1. The highest BCUT2D eigenvalue weighted by Gasteiger charge is 2.24. The van der Waals surface area contributed by atoms with Crippen LogP contribution < -0.4 is 21.3 Å². The molecule has 0 radical (unpaired) electrons. The highest BCUT2D eigenvalue weighted by atomic mass is 16.2. The number of nitrogens with two attached hydrogens (primary N) is 1. The Morgan fingerprint density at radius 3 is 2.62 bits per heavy atom. The third-order valence-corrected chi connectivity index (χ3v) is 6.12. The molecule has 11 heteroatoms. The van der Waals surface area contributed by atoms with Crippen LogP contribution in [0.5, 0.6) is 0 Å². The highest BCUT2D eigenvalue weighted by Crippen LogP contribution is 2.30. The van der Waals surface area contributed by atoms with E-state index in [-0.39, 0.29) is 12.1 Å². The van der Waals surface area contributed by atoms with E-state index in [2.05, 4.69) is 34.6 Å². The molecule has 180 valence electrons. The lowest BCUT2D eigenvalue weighted by Gasteiger charge is -2.34. The van der Waals surface area contributed by atoms with E-state index in [1.54, 1.807) is 4.90 Å². The summed E-state index contributed by atoms with van der Waals surface area (Å²) in [5.41, 5.74) is 8.52. The fourth-order valence-corrected chi connectivity index (χ4v) is 3.88. The number of nitrogens with one attached hydrogen (secondary N) is 3. The van der Waals surface area contributed by atoms with Gasteiger partial charge in [-0.15, -0.1) is 0 Å². The molecule has 3 aromatic rings. The molecule has 1 aliphatic rings. The van der Waals surface area contributed by atoms with Crippen LogP contribution in [0.3, 0.4) is 0 Å². The number of aromatic nitrogens is 4. The number of fused-ring (bicyclic) bond motifs is 1. The molecule has 0 bridgehead atoms. The normalized spacial score (nSPS) is 15.7. The molecule has 1 unspecified atom stereocenters. The SMILES string of the molecule is CC[C@H](C)Nc1c(C=N)nc(N2CCN(C(N)=O)CC2)nc1NC(C)c1cc2ccccn2n1. The van der Waals surface area contributed by atoms with E-state index in [9.17, 15) is 4.79 Å². The van der Waals surface area contributed by atoms with Crippen molar-refractivity contribution in [3.05, 3.63) is 41.9 Å². The van der Waals surface area contributed by atoms with Crippen LogP contribution in [0.25, 0.3) is 5.52 Å². The lowest BCUT2D eigenvalue weighted by atomic mass is 10.2. The number of pyridine rings is 1. The van der Waals surface area contributed by atoms with Gasteiger partial charge in [-0.1, -0.05) is 13.0 Å². The van der Waals surface area contributed by atoms with Crippen molar-refractivity contribution >= 4 is 35.2 Å². The first kappa shape index (κ1) is 23.3. The molecule has 1 saturated heterocycles. The molecule has 1 fully saturated rings. The molecule has 4 rings (SSSR count). The summed E-state index contributed by atoms with van der Waals surface area (Å²) >= 11 is 0. The van der Waals surface area contributed by atoms with Gasteiger partial charge < -0.3 is 31.6 Å². The van der Waals surface area contributed by atoms with Gasteiger partial charge in [0.05, 0.1) is 17.3 Å². The van der Waals surface area contributed by atoms with E-state index in [0.717, 1.165) is 17.6 Å². The average molecular weight is 465 g/mol. The second-order valence-corrected chi connectivity index (χ2v) is 8.55. The first-order valence-electron chi connectivity index (χ1n) is 11.6. The van der Waals surface area contributed by atoms with Gasteiger partial charge in [0.2, 0.25) is 5.95 Å². The Balaban J connectivity index is 1.66. The van der Waals surface area contributed by atoms with Gasteiger partial charge in [-0.25, -0.2) is 14.3 Å². The van der Waals surface area contributed by atoms with Gasteiger partial charge in [-0.3, -0.25) is 0 Å². The fraction of sp³-hybridized carbons (Fsp3) is 0.435. The quantitative estimate of drug-likeness (QED) is 0.376. The van der Waals surface area contributed by atoms with Gasteiger partial charge in [-0.2, -0.15) is 10.1 Å². The third-order valence-electron chi connectivity index (χ3n) is 6.12. The van der Waals surface area contributed by atoms with Gasteiger partial charge in [0, 0.05) is 44.6 Å². The van der Waals surface area contributed by atoms with Gasteiger partial charge in [0.1, 0.15) is 11.4 Å². The Hall–Kier alpha value is -3.89. The van der Waals surface area contributed by atoms with Crippen molar-refractivity contribution in [1.29, 1.82) is 5.41 Å². The minimum Gasteiger partial charge on any atom is -0.378 e. The average Bonchev–Trinajstić information content (AvgIpc) is 3.29. The summed E-state index contributed by atoms with van der Waals surface area (Å²) in [6.07, 6.45) is 4.08. The van der Waals surface area contributed by atoms with Crippen molar-refractivity contribution < 1.29 is 4.79 Å². The number of urea groups is 1. The number of nitrogens with zero attached hydrogens (tertiary/aromatic N) is 6. The number of amides is 2. The number of carbonyl (C=O) groups is 1. The summed E-state index contributed by atoms with van der Waals surface area (Å²) < 4.78 is 1.85. The van der Waals surface area contributed by atoms with Crippen LogP contribution in [-0.2, 0) is 0 Å². The molecule has 11 nitrogen and oxygen atoms in total. The summed E-state index contributed by atoms with van der Waals surface area (Å²) in [6, 6.07) is 7.61. The smallest absolute Gasteiger partial charge is 0.314 e. The van der Waals surface area contributed by atoms with Gasteiger partial charge in [-0.05, 0) is 38.5 Å². The molecule has 0 aromatic carbocycles. The summed E-state index contributed by atoms with van der Waals surface area (Å²) in [5.74, 6) is 1.13. The number of piperazine rings is 1. The Morgan fingerprint density at radius 1 is 1.21 bits per heavy atom. The van der Waals surface area contributed by atoms with E-state index in [0.29, 0.717) is 49.3 Å². The Kier molecular flexibility index (Phi) is 6.80. The van der Waals surface area contributed by atoms with Crippen molar-refractivity contribution in [3.63, 3.8) is 0 Å². The van der Waals surface area contributed by atoms with Crippen LogP contribution in [-0.4, -0.2) is 68.9 Å². The maximum Gasteiger partial charge on any atom is 0.314 e. The van der Waals surface area contributed by atoms with E-state index in [4.69, 9.17) is 16.1 Å². The van der Waals surface area contributed by atoms with Crippen molar-refractivity contribution in [2.75, 3.05) is 41.7 Å². The predicted molar refractivity (Wildman–Crippen MR) is 134 cm³/mol. The molecule has 0 saturated carbocycles. The minimum absolute atomic E-state index is 0.134. The molecule has 34 heavy (non-hydrogen) atoms. The monoisotopic (exact) mass is 464 g/mol. The van der Waals surface area contributed by atoms with Crippen LogP contribution in [0, 0.1) is 5.41 Å². The molecule has 0 aliphatic carbocycles. The molecular formula is C23H32N10O. The lowest BCUT2D eigenvalue weighted by Crippen LogP contribution is -2.51. The lowest BCUT2D eigenvalue weighted by molar-refractivity contribution is 0.204. The standard InChI is InChI=1S/C23H32N10O/c1-4-15(2)26-20-19(14-24)28-23(32-11-9-31(10-12-32)22(25)34)29-21(20)27-16(3)18-13-17-7-5-6-8-33(17)30-18/h5-8,13-16,24,26H,4,9-12H2,1-3H3,(H2,25,34)(H,27,28,29)/t15-,16?/m0/s1. The zero-order valence-corrected chi connectivity index (χ0v) is 19.8. The topological polar surface area (TPSA) is 141 Å². The Labute approximate surface area is 198 Å². The van der Waals surface area contributed by atoms with E-state index in [1.807, 2.05) is 46.8 Å². The third kappa shape index (κ3) is 4.87. The number of hydrogen-bond acceptors (Lipinski definition) is 8. The van der Waals surface area contributed by atoms with Gasteiger partial charge in [0.25, 0.3) is 0 Å². The molecular weight excluding hydrogens is 432 g/mol.